The summed E-state index contributed by atoms with van der Waals surface area (Å²) < 4.78 is 38.7. The first-order valence-electron chi connectivity index (χ1n) is 8.93. The zero-order chi connectivity index (χ0) is 19.2. The van der Waals surface area contributed by atoms with Gasteiger partial charge >= 0.3 is 0 Å². The number of hydrogen-bond donors (Lipinski definition) is 1. The summed E-state index contributed by atoms with van der Waals surface area (Å²) in [4.78, 5) is 12.4. The average molecular weight is 403 g/mol. The van der Waals surface area contributed by atoms with E-state index in [0.717, 1.165) is 22.4 Å². The maximum Gasteiger partial charge on any atom is 0.243 e. The van der Waals surface area contributed by atoms with Crippen LogP contribution in [-0.2, 0) is 14.8 Å². The van der Waals surface area contributed by atoms with Crippen molar-refractivity contribution in [1.29, 1.82) is 0 Å². The molecule has 26 heavy (non-hydrogen) atoms. The summed E-state index contributed by atoms with van der Waals surface area (Å²) in [6.45, 7) is 2.00. The number of carbonyl (C=O) groups excluding carboxylic acids is 1. The Morgan fingerprint density at radius 2 is 2.04 bits per heavy atom. The lowest BCUT2D eigenvalue weighted by Crippen LogP contribution is -2.48. The maximum absolute atomic E-state index is 13.5. The predicted octanol–water partition coefficient (Wildman–Crippen LogP) is 3.16. The molecule has 8 heteroatoms. The molecule has 1 N–H and O–H groups in total. The molecular weight excluding hydrogens is 375 g/mol. The second-order valence-electron chi connectivity index (χ2n) is 6.64. The lowest BCUT2D eigenvalue weighted by Gasteiger charge is -2.28. The highest BCUT2D eigenvalue weighted by Gasteiger charge is 2.29. The standard InChI is InChI=1S/C18H27FN2O3S2/c1-14(18(22)20-11-12-25-17-9-4-3-5-10-17)21(26(2,23)24)16-8-6-7-15(19)13-16/h6-8,13-14,17H,3-5,9-12H2,1-2H3,(H,20,22). The highest BCUT2D eigenvalue weighted by Crippen LogP contribution is 2.27. The molecule has 1 aliphatic rings. The molecule has 1 aromatic rings. The van der Waals surface area contributed by atoms with Gasteiger partial charge in [-0.25, -0.2) is 12.8 Å². The smallest absolute Gasteiger partial charge is 0.243 e. The topological polar surface area (TPSA) is 66.5 Å². The fourth-order valence-electron chi connectivity index (χ4n) is 3.20. The fourth-order valence-corrected chi connectivity index (χ4v) is 5.59. The van der Waals surface area contributed by atoms with Gasteiger partial charge in [-0.3, -0.25) is 9.10 Å². The molecule has 1 atom stereocenters. The highest BCUT2D eigenvalue weighted by molar-refractivity contribution is 7.99. The number of thioether (sulfide) groups is 1. The number of amides is 1. The normalized spacial score (nSPS) is 16.9. The fraction of sp³-hybridized carbons (Fsp3) is 0.611. The van der Waals surface area contributed by atoms with Gasteiger partial charge in [-0.1, -0.05) is 25.3 Å². The molecule has 1 aliphatic carbocycles. The van der Waals surface area contributed by atoms with E-state index in [1.807, 2.05) is 11.8 Å². The summed E-state index contributed by atoms with van der Waals surface area (Å²) in [5.74, 6) is -0.126. The van der Waals surface area contributed by atoms with Crippen LogP contribution in [0.1, 0.15) is 39.0 Å². The van der Waals surface area contributed by atoms with Crippen LogP contribution in [-0.4, -0.2) is 44.2 Å². The van der Waals surface area contributed by atoms with Crippen LogP contribution in [0.15, 0.2) is 24.3 Å². The first kappa shape index (κ1) is 21.0. The van der Waals surface area contributed by atoms with Crippen molar-refractivity contribution in [3.05, 3.63) is 30.1 Å². The molecule has 1 aromatic carbocycles. The molecule has 0 saturated heterocycles. The Labute approximate surface area is 159 Å². The Morgan fingerprint density at radius 3 is 2.65 bits per heavy atom. The second kappa shape index (κ2) is 9.60. The van der Waals surface area contributed by atoms with E-state index in [1.54, 1.807) is 0 Å². The molecule has 2 rings (SSSR count). The lowest BCUT2D eigenvalue weighted by atomic mass is 10.0. The van der Waals surface area contributed by atoms with Gasteiger partial charge in [0.05, 0.1) is 11.9 Å². The summed E-state index contributed by atoms with van der Waals surface area (Å²) in [5.41, 5.74) is 0.145. The van der Waals surface area contributed by atoms with Crippen LogP contribution in [0.2, 0.25) is 0 Å². The number of nitrogens with one attached hydrogen (secondary N) is 1. The molecule has 1 unspecified atom stereocenters. The Bertz CT molecular complexity index is 706. The molecule has 0 bridgehead atoms. The Balaban J connectivity index is 1.92. The van der Waals surface area contributed by atoms with Gasteiger partial charge in [-0.2, -0.15) is 11.8 Å². The third-order valence-electron chi connectivity index (χ3n) is 4.46. The molecule has 5 nitrogen and oxygen atoms in total. The minimum atomic E-state index is -3.73. The zero-order valence-electron chi connectivity index (χ0n) is 15.3. The molecule has 0 radical (unpaired) electrons. The minimum Gasteiger partial charge on any atom is -0.353 e. The number of benzene rings is 1. The number of carbonyl (C=O) groups is 1. The van der Waals surface area contributed by atoms with Gasteiger partial charge in [-0.15, -0.1) is 0 Å². The van der Waals surface area contributed by atoms with Crippen molar-refractivity contribution in [2.75, 3.05) is 22.9 Å². The molecular formula is C18H27FN2O3S2. The van der Waals surface area contributed by atoms with Gasteiger partial charge in [-0.05, 0) is 38.0 Å². The van der Waals surface area contributed by atoms with Crippen molar-refractivity contribution in [1.82, 2.24) is 5.32 Å². The van der Waals surface area contributed by atoms with Crippen molar-refractivity contribution >= 4 is 33.4 Å². The monoisotopic (exact) mass is 402 g/mol. The van der Waals surface area contributed by atoms with Crippen LogP contribution < -0.4 is 9.62 Å². The molecule has 146 valence electrons. The summed E-state index contributed by atoms with van der Waals surface area (Å²) in [5, 5.41) is 3.46. The van der Waals surface area contributed by atoms with Crippen LogP contribution in [0, 0.1) is 5.82 Å². The minimum absolute atomic E-state index is 0.145. The third-order valence-corrected chi connectivity index (χ3v) is 7.08. The SMILES string of the molecule is CC(C(=O)NCCSC1CCCCC1)N(c1cccc(F)c1)S(C)(=O)=O. The highest BCUT2D eigenvalue weighted by atomic mass is 32.2. The van der Waals surface area contributed by atoms with E-state index in [1.165, 1.54) is 57.2 Å². The predicted molar refractivity (Wildman–Crippen MR) is 106 cm³/mol. The number of nitrogens with zero attached hydrogens (tertiary/aromatic N) is 1. The van der Waals surface area contributed by atoms with Crippen LogP contribution in [0.25, 0.3) is 0 Å². The summed E-state index contributed by atoms with van der Waals surface area (Å²) in [6.07, 6.45) is 7.34. The molecule has 0 aliphatic heterocycles. The van der Waals surface area contributed by atoms with E-state index in [9.17, 15) is 17.6 Å². The van der Waals surface area contributed by atoms with Gasteiger partial charge in [0, 0.05) is 17.5 Å². The van der Waals surface area contributed by atoms with Crippen LogP contribution in [0.5, 0.6) is 0 Å². The molecule has 1 saturated carbocycles. The van der Waals surface area contributed by atoms with E-state index >= 15 is 0 Å². The van der Waals surface area contributed by atoms with Crippen molar-refractivity contribution in [2.45, 2.75) is 50.3 Å². The summed E-state index contributed by atoms with van der Waals surface area (Å²) >= 11 is 1.87. The van der Waals surface area contributed by atoms with Crippen molar-refractivity contribution in [3.8, 4) is 0 Å². The van der Waals surface area contributed by atoms with Crippen LogP contribution in [0.3, 0.4) is 0 Å². The van der Waals surface area contributed by atoms with E-state index in [2.05, 4.69) is 5.32 Å². The Morgan fingerprint density at radius 1 is 1.35 bits per heavy atom. The van der Waals surface area contributed by atoms with Crippen molar-refractivity contribution in [2.24, 2.45) is 0 Å². The summed E-state index contributed by atoms with van der Waals surface area (Å²) in [7, 11) is -3.73. The molecule has 0 aromatic heterocycles. The quantitative estimate of drug-likeness (QED) is 0.679. The number of halogens is 1. The Hall–Kier alpha value is -1.28. The first-order valence-corrected chi connectivity index (χ1v) is 11.8. The van der Waals surface area contributed by atoms with E-state index in [0.29, 0.717) is 11.8 Å². The van der Waals surface area contributed by atoms with Gasteiger partial charge in [0.15, 0.2) is 0 Å². The van der Waals surface area contributed by atoms with Gasteiger partial charge in [0.1, 0.15) is 11.9 Å². The van der Waals surface area contributed by atoms with Crippen LogP contribution >= 0.6 is 11.8 Å². The van der Waals surface area contributed by atoms with Gasteiger partial charge < -0.3 is 5.32 Å². The number of rotatable bonds is 8. The number of hydrogen-bond acceptors (Lipinski definition) is 4. The van der Waals surface area contributed by atoms with Gasteiger partial charge in [0.2, 0.25) is 15.9 Å². The number of sulfonamides is 1. The third kappa shape index (κ3) is 6.16. The largest absolute Gasteiger partial charge is 0.353 e. The molecule has 0 heterocycles. The van der Waals surface area contributed by atoms with E-state index < -0.39 is 21.9 Å². The lowest BCUT2D eigenvalue weighted by molar-refractivity contribution is -0.121. The second-order valence-corrected chi connectivity index (χ2v) is 9.90. The summed E-state index contributed by atoms with van der Waals surface area (Å²) in [6, 6.07) is 4.30. The van der Waals surface area contributed by atoms with E-state index in [4.69, 9.17) is 0 Å². The number of anilines is 1. The molecule has 0 spiro atoms. The zero-order valence-corrected chi connectivity index (χ0v) is 16.9. The van der Waals surface area contributed by atoms with Gasteiger partial charge in [0.25, 0.3) is 0 Å². The Kier molecular flexibility index (Phi) is 7.76. The molecule has 1 fully saturated rings. The first-order chi connectivity index (χ1) is 12.3. The van der Waals surface area contributed by atoms with Crippen LogP contribution in [0.4, 0.5) is 10.1 Å². The van der Waals surface area contributed by atoms with Crippen molar-refractivity contribution in [3.63, 3.8) is 0 Å². The molecule has 1 amide bonds. The van der Waals surface area contributed by atoms with E-state index in [-0.39, 0.29) is 11.6 Å². The maximum atomic E-state index is 13.5. The average Bonchev–Trinajstić information content (AvgIpc) is 2.58. The van der Waals surface area contributed by atoms with Crippen molar-refractivity contribution < 1.29 is 17.6 Å².